The molecule has 0 aromatic heterocycles. The number of carboxylic acid groups (broad SMARTS) is 1. The van der Waals surface area contributed by atoms with Crippen LogP contribution in [0.2, 0.25) is 0 Å². The number of likely N-dealkylation sites (tertiary alicyclic amines) is 1. The van der Waals surface area contributed by atoms with Gasteiger partial charge in [0, 0.05) is 50.5 Å². The van der Waals surface area contributed by atoms with Crippen LogP contribution in [0.3, 0.4) is 0 Å². The van der Waals surface area contributed by atoms with Crippen molar-refractivity contribution >= 4 is 5.97 Å². The van der Waals surface area contributed by atoms with Gasteiger partial charge >= 0.3 is 5.97 Å². The van der Waals surface area contributed by atoms with Crippen molar-refractivity contribution < 1.29 is 24.5 Å². The Bertz CT molecular complexity index is 757. The molecule has 2 N–H and O–H groups in total. The highest BCUT2D eigenvalue weighted by Gasteiger charge is 2.32. The van der Waals surface area contributed by atoms with Crippen molar-refractivity contribution in [1.82, 2.24) is 9.80 Å². The van der Waals surface area contributed by atoms with Crippen molar-refractivity contribution in [1.29, 1.82) is 0 Å². The molecule has 2 atom stereocenters. The van der Waals surface area contributed by atoms with Gasteiger partial charge in [-0.3, -0.25) is 9.80 Å². The summed E-state index contributed by atoms with van der Waals surface area (Å²) >= 11 is 0. The number of rotatable bonds is 7. The van der Waals surface area contributed by atoms with E-state index in [0.717, 1.165) is 57.6 Å². The molecule has 1 aromatic carbocycles. The zero-order valence-electron chi connectivity index (χ0n) is 20.0. The van der Waals surface area contributed by atoms with Crippen molar-refractivity contribution in [2.75, 3.05) is 40.0 Å². The van der Waals surface area contributed by atoms with Crippen molar-refractivity contribution in [2.24, 2.45) is 0 Å². The van der Waals surface area contributed by atoms with Gasteiger partial charge in [0.05, 0.1) is 6.10 Å². The molecule has 32 heavy (non-hydrogen) atoms. The number of hydrogen-bond donors (Lipinski definition) is 2. The average Bonchev–Trinajstić information content (AvgIpc) is 2.93. The SMILES string of the molecule is CN(C1CCOCC1)[C@H]1CCN(Cc2cc(C(C)(C)C)ccc2OCC(=O)O)CC[C@@H]1O. The number of hydrogen-bond acceptors (Lipinski definition) is 6. The summed E-state index contributed by atoms with van der Waals surface area (Å²) in [6, 6.07) is 6.67. The smallest absolute Gasteiger partial charge is 0.341 e. The van der Waals surface area contributed by atoms with E-state index in [4.69, 9.17) is 14.6 Å². The molecule has 7 heteroatoms. The summed E-state index contributed by atoms with van der Waals surface area (Å²) in [4.78, 5) is 15.8. The highest BCUT2D eigenvalue weighted by Crippen LogP contribution is 2.30. The van der Waals surface area contributed by atoms with Crippen molar-refractivity contribution in [3.8, 4) is 5.75 Å². The lowest BCUT2D eigenvalue weighted by atomic mass is 9.86. The molecule has 7 nitrogen and oxygen atoms in total. The molecule has 0 amide bonds. The van der Waals surface area contributed by atoms with E-state index in [1.54, 1.807) is 0 Å². The molecular formula is C25H40N2O5. The first-order valence-electron chi connectivity index (χ1n) is 11.8. The number of benzene rings is 1. The van der Waals surface area contributed by atoms with Gasteiger partial charge in [-0.15, -0.1) is 0 Å². The van der Waals surface area contributed by atoms with Crippen LogP contribution in [0.25, 0.3) is 0 Å². The normalized spacial score (nSPS) is 23.8. The summed E-state index contributed by atoms with van der Waals surface area (Å²) in [7, 11) is 2.14. The lowest BCUT2D eigenvalue weighted by Gasteiger charge is -2.38. The largest absolute Gasteiger partial charge is 0.482 e. The van der Waals surface area contributed by atoms with Crippen LogP contribution in [-0.2, 0) is 21.5 Å². The van der Waals surface area contributed by atoms with E-state index < -0.39 is 5.97 Å². The molecule has 1 aromatic rings. The fourth-order valence-electron chi connectivity index (χ4n) is 4.81. The maximum absolute atomic E-state index is 11.0. The Hall–Kier alpha value is -1.67. The number of aliphatic hydroxyl groups is 1. The van der Waals surface area contributed by atoms with Crippen LogP contribution in [0, 0.1) is 0 Å². The first-order chi connectivity index (χ1) is 15.1. The van der Waals surface area contributed by atoms with Crippen molar-refractivity contribution in [3.63, 3.8) is 0 Å². The fourth-order valence-corrected chi connectivity index (χ4v) is 4.81. The van der Waals surface area contributed by atoms with E-state index in [0.29, 0.717) is 18.3 Å². The summed E-state index contributed by atoms with van der Waals surface area (Å²) in [5.41, 5.74) is 2.19. The highest BCUT2D eigenvalue weighted by atomic mass is 16.5. The summed E-state index contributed by atoms with van der Waals surface area (Å²) in [5, 5.41) is 19.9. The molecule has 0 radical (unpaired) electrons. The molecule has 0 unspecified atom stereocenters. The lowest BCUT2D eigenvalue weighted by Crippen LogP contribution is -2.48. The predicted molar refractivity (Wildman–Crippen MR) is 124 cm³/mol. The number of nitrogens with zero attached hydrogens (tertiary/aromatic N) is 2. The summed E-state index contributed by atoms with van der Waals surface area (Å²) in [6.45, 7) is 10.1. The standard InChI is InChI=1S/C25H40N2O5/c1-25(2,3)19-5-6-23(32-17-24(29)30)18(15-19)16-27-11-7-21(22(28)8-12-27)26(4)20-9-13-31-14-10-20/h5-6,15,20-22,28H,7-14,16-17H2,1-4H3,(H,29,30)/t21-,22-/m0/s1. The van der Waals surface area contributed by atoms with Crippen LogP contribution < -0.4 is 4.74 Å². The maximum atomic E-state index is 11.0. The van der Waals surface area contributed by atoms with E-state index >= 15 is 0 Å². The quantitative estimate of drug-likeness (QED) is 0.664. The molecule has 180 valence electrons. The molecule has 0 aliphatic carbocycles. The minimum Gasteiger partial charge on any atom is -0.482 e. The van der Waals surface area contributed by atoms with E-state index in [9.17, 15) is 9.90 Å². The minimum absolute atomic E-state index is 0.00736. The topological polar surface area (TPSA) is 82.5 Å². The molecule has 2 aliphatic heterocycles. The Morgan fingerprint density at radius 1 is 1.19 bits per heavy atom. The monoisotopic (exact) mass is 448 g/mol. The van der Waals surface area contributed by atoms with Gasteiger partial charge < -0.3 is 19.7 Å². The molecule has 0 spiro atoms. The second-order valence-corrected chi connectivity index (χ2v) is 10.3. The second kappa shape index (κ2) is 11.0. The zero-order chi connectivity index (χ0) is 23.3. The first kappa shape index (κ1) is 25.0. The third-order valence-electron chi connectivity index (χ3n) is 6.89. The Balaban J connectivity index is 1.71. The molecule has 2 fully saturated rings. The predicted octanol–water partition coefficient (Wildman–Crippen LogP) is 2.88. The minimum atomic E-state index is -0.979. The van der Waals surface area contributed by atoms with Gasteiger partial charge in [-0.1, -0.05) is 32.9 Å². The third kappa shape index (κ3) is 6.67. The molecule has 2 heterocycles. The Labute approximate surface area is 192 Å². The maximum Gasteiger partial charge on any atom is 0.341 e. The molecule has 3 rings (SSSR count). The first-order valence-corrected chi connectivity index (χ1v) is 11.8. The Morgan fingerprint density at radius 2 is 1.88 bits per heavy atom. The fraction of sp³-hybridized carbons (Fsp3) is 0.720. The third-order valence-corrected chi connectivity index (χ3v) is 6.89. The van der Waals surface area contributed by atoms with Gasteiger partial charge in [0.15, 0.2) is 6.61 Å². The van der Waals surface area contributed by atoms with E-state index in [-0.39, 0.29) is 24.2 Å². The van der Waals surface area contributed by atoms with E-state index in [2.05, 4.69) is 43.7 Å². The van der Waals surface area contributed by atoms with Gasteiger partial charge in [0.2, 0.25) is 0 Å². The Morgan fingerprint density at radius 3 is 2.53 bits per heavy atom. The molecular weight excluding hydrogens is 408 g/mol. The van der Waals surface area contributed by atoms with Gasteiger partial charge in [-0.2, -0.15) is 0 Å². The molecule has 2 aliphatic rings. The summed E-state index contributed by atoms with van der Waals surface area (Å²) < 4.78 is 11.1. The molecule has 2 saturated heterocycles. The van der Waals surface area contributed by atoms with Crippen LogP contribution >= 0.6 is 0 Å². The summed E-state index contributed by atoms with van der Waals surface area (Å²) in [5.74, 6) is -0.353. The average molecular weight is 449 g/mol. The van der Waals surface area contributed by atoms with Crippen LogP contribution in [-0.4, -0.2) is 84.1 Å². The van der Waals surface area contributed by atoms with Gasteiger partial charge in [0.1, 0.15) is 5.75 Å². The van der Waals surface area contributed by atoms with Crippen molar-refractivity contribution in [2.45, 2.75) is 76.6 Å². The second-order valence-electron chi connectivity index (χ2n) is 10.3. The number of carbonyl (C=O) groups is 1. The van der Waals surface area contributed by atoms with Crippen LogP contribution in [0.5, 0.6) is 5.75 Å². The van der Waals surface area contributed by atoms with E-state index in [1.807, 2.05) is 12.1 Å². The number of likely N-dealkylation sites (N-methyl/N-ethyl adjacent to an activating group) is 1. The lowest BCUT2D eigenvalue weighted by molar-refractivity contribution is -0.139. The van der Waals surface area contributed by atoms with Crippen LogP contribution in [0.15, 0.2) is 18.2 Å². The van der Waals surface area contributed by atoms with Gasteiger partial charge in [-0.25, -0.2) is 4.79 Å². The van der Waals surface area contributed by atoms with Gasteiger partial charge in [-0.05, 0) is 49.8 Å². The van der Waals surface area contributed by atoms with Crippen molar-refractivity contribution in [3.05, 3.63) is 29.3 Å². The van der Waals surface area contributed by atoms with Crippen LogP contribution in [0.4, 0.5) is 0 Å². The number of ether oxygens (including phenoxy) is 2. The number of aliphatic hydroxyl groups excluding tert-OH is 1. The summed E-state index contributed by atoms with van der Waals surface area (Å²) in [6.07, 6.45) is 3.32. The molecule has 0 bridgehead atoms. The molecule has 0 saturated carbocycles. The van der Waals surface area contributed by atoms with Crippen LogP contribution in [0.1, 0.15) is 57.6 Å². The Kier molecular flexibility index (Phi) is 8.55. The van der Waals surface area contributed by atoms with E-state index in [1.165, 1.54) is 5.56 Å². The van der Waals surface area contributed by atoms with Gasteiger partial charge in [0.25, 0.3) is 0 Å². The number of carboxylic acids is 1. The number of aliphatic carboxylic acids is 1. The zero-order valence-corrected chi connectivity index (χ0v) is 20.0. The highest BCUT2D eigenvalue weighted by molar-refractivity contribution is 5.68.